The van der Waals surface area contributed by atoms with Crippen LogP contribution in [0.1, 0.15) is 12.0 Å². The van der Waals surface area contributed by atoms with Gasteiger partial charge in [0.1, 0.15) is 19.2 Å². The van der Waals surface area contributed by atoms with Crippen LogP contribution in [0.4, 0.5) is 5.13 Å². The monoisotopic (exact) mass is 434 g/mol. The quantitative estimate of drug-likeness (QED) is 0.569. The predicted octanol–water partition coefficient (Wildman–Crippen LogP) is 2.61. The van der Waals surface area contributed by atoms with Gasteiger partial charge in [-0.25, -0.2) is 14.6 Å². The second-order valence-corrected chi connectivity index (χ2v) is 8.38. The molecular weight excluding hydrogens is 412 g/mol. The molecule has 29 heavy (non-hydrogen) atoms. The summed E-state index contributed by atoms with van der Waals surface area (Å²) in [5.41, 5.74) is 1.79. The van der Waals surface area contributed by atoms with E-state index in [9.17, 15) is 4.79 Å². The Morgan fingerprint density at radius 3 is 2.93 bits per heavy atom. The molecule has 0 bridgehead atoms. The third-order valence-electron chi connectivity index (χ3n) is 4.99. The van der Waals surface area contributed by atoms with Gasteiger partial charge >= 0.3 is 0 Å². The number of hydrogen-bond donors (Lipinski definition) is 0. The van der Waals surface area contributed by atoms with Gasteiger partial charge in [0.05, 0.1) is 23.4 Å². The number of ether oxygens (including phenoxy) is 1. The summed E-state index contributed by atoms with van der Waals surface area (Å²) in [5.74, 6) is -0.0553. The molecule has 2 aromatic heterocycles. The summed E-state index contributed by atoms with van der Waals surface area (Å²) >= 11 is 7.76. The number of amides is 1. The van der Waals surface area contributed by atoms with Gasteiger partial charge in [0.15, 0.2) is 5.13 Å². The fourth-order valence-corrected chi connectivity index (χ4v) is 4.57. The van der Waals surface area contributed by atoms with Crippen molar-refractivity contribution in [2.45, 2.75) is 19.9 Å². The molecule has 8 nitrogen and oxygen atoms in total. The van der Waals surface area contributed by atoms with Crippen molar-refractivity contribution in [3.05, 3.63) is 35.4 Å². The lowest BCUT2D eigenvalue weighted by atomic mass is 10.2. The molecule has 154 valence electrons. The minimum atomic E-state index is -0.0553. The first kappa shape index (κ1) is 20.2. The number of halogens is 1. The number of rotatable bonds is 7. The maximum absolute atomic E-state index is 13.1. The standard InChI is InChI=1S/C19H23ClN6O2S/c1-14-15(20)3-4-16-18(14)23-19(29-16)26(17(27)11-25-13-21-12-22-25)6-2-5-24-7-9-28-10-8-24/h3-4,12-13H,2,5-11H2,1H3. The summed E-state index contributed by atoms with van der Waals surface area (Å²) in [7, 11) is 0. The molecule has 10 heteroatoms. The van der Waals surface area contributed by atoms with Gasteiger partial charge in [-0.3, -0.25) is 14.6 Å². The summed E-state index contributed by atoms with van der Waals surface area (Å²) in [6.45, 7) is 7.02. The molecule has 0 N–H and O–H groups in total. The zero-order chi connectivity index (χ0) is 20.2. The van der Waals surface area contributed by atoms with E-state index in [0.29, 0.717) is 16.7 Å². The van der Waals surface area contributed by atoms with E-state index in [0.717, 1.165) is 55.0 Å². The molecule has 3 heterocycles. The largest absolute Gasteiger partial charge is 0.379 e. The molecule has 1 fully saturated rings. The van der Waals surface area contributed by atoms with Gasteiger partial charge in [-0.05, 0) is 31.0 Å². The number of aryl methyl sites for hydroxylation is 1. The lowest BCUT2D eigenvalue weighted by molar-refractivity contribution is -0.119. The van der Waals surface area contributed by atoms with Gasteiger partial charge in [0.2, 0.25) is 0 Å². The van der Waals surface area contributed by atoms with Gasteiger partial charge in [-0.1, -0.05) is 22.9 Å². The number of aromatic nitrogens is 4. The van der Waals surface area contributed by atoms with Gasteiger partial charge in [0.25, 0.3) is 5.91 Å². The average Bonchev–Trinajstić information content (AvgIpc) is 3.39. The van der Waals surface area contributed by atoms with Crippen LogP contribution >= 0.6 is 22.9 Å². The van der Waals surface area contributed by atoms with Gasteiger partial charge in [-0.15, -0.1) is 0 Å². The molecule has 1 amide bonds. The number of fused-ring (bicyclic) bond motifs is 1. The van der Waals surface area contributed by atoms with Crippen LogP contribution in [0.25, 0.3) is 10.2 Å². The molecule has 0 unspecified atom stereocenters. The van der Waals surface area contributed by atoms with Crippen LogP contribution in [-0.4, -0.2) is 69.9 Å². The Hall–Kier alpha value is -2.07. The Balaban J connectivity index is 1.53. The molecule has 0 radical (unpaired) electrons. The van der Waals surface area contributed by atoms with E-state index in [1.807, 2.05) is 19.1 Å². The molecule has 0 aliphatic carbocycles. The first-order valence-corrected chi connectivity index (χ1v) is 10.8. The van der Waals surface area contributed by atoms with Crippen molar-refractivity contribution in [2.75, 3.05) is 44.3 Å². The molecular formula is C19H23ClN6O2S. The number of thiazole rings is 1. The lowest BCUT2D eigenvalue weighted by Crippen LogP contribution is -2.40. The number of carbonyl (C=O) groups excluding carboxylic acids is 1. The summed E-state index contributed by atoms with van der Waals surface area (Å²) < 4.78 is 7.96. The Labute approximate surface area is 178 Å². The van der Waals surface area contributed by atoms with Gasteiger partial charge in [-0.2, -0.15) is 5.10 Å². The van der Waals surface area contributed by atoms with Crippen LogP contribution in [0, 0.1) is 6.92 Å². The Bertz CT molecular complexity index is 971. The topological polar surface area (TPSA) is 76.4 Å². The van der Waals surface area contributed by atoms with Crippen molar-refractivity contribution in [2.24, 2.45) is 0 Å². The minimum absolute atomic E-state index is 0.0553. The normalized spacial score (nSPS) is 15.1. The molecule has 4 rings (SSSR count). The van der Waals surface area contributed by atoms with Crippen LogP contribution < -0.4 is 4.90 Å². The second-order valence-electron chi connectivity index (χ2n) is 6.96. The molecule has 0 spiro atoms. The van der Waals surface area contributed by atoms with E-state index >= 15 is 0 Å². The Kier molecular flexibility index (Phi) is 6.39. The number of benzene rings is 1. The number of anilines is 1. The lowest BCUT2D eigenvalue weighted by Gasteiger charge is -2.27. The molecule has 1 aliphatic rings. The molecule has 1 saturated heterocycles. The summed E-state index contributed by atoms with van der Waals surface area (Å²) in [4.78, 5) is 25.9. The van der Waals surface area contributed by atoms with Crippen LogP contribution in [0.5, 0.6) is 0 Å². The van der Waals surface area contributed by atoms with Gasteiger partial charge in [0, 0.05) is 31.2 Å². The van der Waals surface area contributed by atoms with E-state index < -0.39 is 0 Å². The highest BCUT2D eigenvalue weighted by molar-refractivity contribution is 7.22. The molecule has 1 aromatic carbocycles. The maximum atomic E-state index is 13.1. The van der Waals surface area contributed by atoms with Crippen LogP contribution in [0.15, 0.2) is 24.8 Å². The summed E-state index contributed by atoms with van der Waals surface area (Å²) in [5, 5.41) is 5.43. The van der Waals surface area contributed by atoms with Crippen molar-refractivity contribution in [3.63, 3.8) is 0 Å². The van der Waals surface area contributed by atoms with E-state index in [2.05, 4.69) is 15.0 Å². The van der Waals surface area contributed by atoms with Crippen molar-refractivity contribution >= 4 is 44.2 Å². The molecule has 1 aliphatic heterocycles. The number of nitrogens with zero attached hydrogens (tertiary/aromatic N) is 6. The van der Waals surface area contributed by atoms with Crippen LogP contribution in [0.2, 0.25) is 5.02 Å². The highest BCUT2D eigenvalue weighted by atomic mass is 35.5. The SMILES string of the molecule is Cc1c(Cl)ccc2sc(N(CCCN3CCOCC3)C(=O)Cn3cncn3)nc12. The fourth-order valence-electron chi connectivity index (χ4n) is 3.35. The third kappa shape index (κ3) is 4.75. The molecule has 0 atom stereocenters. The van der Waals surface area contributed by atoms with Crippen molar-refractivity contribution in [1.29, 1.82) is 0 Å². The first-order valence-electron chi connectivity index (χ1n) is 9.60. The average molecular weight is 435 g/mol. The number of morpholine rings is 1. The smallest absolute Gasteiger partial charge is 0.250 e. The maximum Gasteiger partial charge on any atom is 0.250 e. The third-order valence-corrected chi connectivity index (χ3v) is 6.45. The van der Waals surface area contributed by atoms with Crippen LogP contribution in [-0.2, 0) is 16.1 Å². The zero-order valence-electron chi connectivity index (χ0n) is 16.3. The highest BCUT2D eigenvalue weighted by Gasteiger charge is 2.22. The summed E-state index contributed by atoms with van der Waals surface area (Å²) in [6, 6.07) is 3.83. The summed E-state index contributed by atoms with van der Waals surface area (Å²) in [6.07, 6.45) is 3.84. The van der Waals surface area contributed by atoms with Gasteiger partial charge < -0.3 is 4.74 Å². The van der Waals surface area contributed by atoms with Crippen molar-refractivity contribution < 1.29 is 9.53 Å². The van der Waals surface area contributed by atoms with E-state index in [-0.39, 0.29) is 12.5 Å². The van der Waals surface area contributed by atoms with Crippen molar-refractivity contribution in [3.8, 4) is 0 Å². The Morgan fingerprint density at radius 2 is 2.17 bits per heavy atom. The second kappa shape index (κ2) is 9.17. The fraction of sp³-hybridized carbons (Fsp3) is 0.474. The minimum Gasteiger partial charge on any atom is -0.379 e. The number of hydrogen-bond acceptors (Lipinski definition) is 7. The van der Waals surface area contributed by atoms with E-state index in [1.165, 1.54) is 22.3 Å². The van der Waals surface area contributed by atoms with E-state index in [4.69, 9.17) is 21.3 Å². The predicted molar refractivity (Wildman–Crippen MR) is 114 cm³/mol. The van der Waals surface area contributed by atoms with Crippen LogP contribution in [0.3, 0.4) is 0 Å². The zero-order valence-corrected chi connectivity index (χ0v) is 17.8. The molecule has 3 aromatic rings. The Morgan fingerprint density at radius 1 is 1.34 bits per heavy atom. The molecule has 0 saturated carbocycles. The van der Waals surface area contributed by atoms with E-state index in [1.54, 1.807) is 11.2 Å². The van der Waals surface area contributed by atoms with Crippen molar-refractivity contribution in [1.82, 2.24) is 24.6 Å². The highest BCUT2D eigenvalue weighted by Crippen LogP contribution is 2.33. The number of carbonyl (C=O) groups is 1. The first-order chi connectivity index (χ1) is 14.1.